The molecule has 2 bridgehead atoms. The zero-order valence-corrected chi connectivity index (χ0v) is 7.71. The van der Waals surface area contributed by atoms with Gasteiger partial charge in [-0.15, -0.1) is 0 Å². The Hall–Kier alpha value is -0.530. The van der Waals surface area contributed by atoms with Gasteiger partial charge >= 0.3 is 5.97 Å². The van der Waals surface area contributed by atoms with Crippen molar-refractivity contribution in [3.63, 3.8) is 0 Å². The number of hydrogen-bond donors (Lipinski definition) is 1. The first kappa shape index (κ1) is 8.09. The maximum Gasteiger partial charge on any atom is 0.309 e. The van der Waals surface area contributed by atoms with Crippen molar-refractivity contribution in [1.82, 2.24) is 0 Å². The third kappa shape index (κ3) is 0.732. The fourth-order valence-electron chi connectivity index (χ4n) is 3.25. The highest BCUT2D eigenvalue weighted by Gasteiger charge is 2.57. The van der Waals surface area contributed by atoms with Crippen LogP contribution in [0.25, 0.3) is 0 Å². The third-order valence-corrected chi connectivity index (χ3v) is 4.44. The van der Waals surface area contributed by atoms with Crippen LogP contribution in [0.1, 0.15) is 33.1 Å². The van der Waals surface area contributed by atoms with E-state index in [0.29, 0.717) is 17.8 Å². The van der Waals surface area contributed by atoms with Crippen LogP contribution in [0.4, 0.5) is 0 Å². The van der Waals surface area contributed by atoms with E-state index in [4.69, 9.17) is 5.11 Å². The molecule has 4 atom stereocenters. The molecule has 0 spiro atoms. The Balaban J connectivity index is 2.32. The van der Waals surface area contributed by atoms with Gasteiger partial charge in [0.1, 0.15) is 0 Å². The SMILES string of the molecule is CC1C2CCC(C2)C1(C)C(=O)O. The van der Waals surface area contributed by atoms with Crippen LogP contribution in [-0.4, -0.2) is 11.1 Å². The minimum atomic E-state index is -0.581. The molecule has 1 N–H and O–H groups in total. The average molecular weight is 168 g/mol. The van der Waals surface area contributed by atoms with Crippen LogP contribution in [0.3, 0.4) is 0 Å². The lowest BCUT2D eigenvalue weighted by Crippen LogP contribution is -2.39. The van der Waals surface area contributed by atoms with Crippen LogP contribution < -0.4 is 0 Å². The molecular weight excluding hydrogens is 152 g/mol. The summed E-state index contributed by atoms with van der Waals surface area (Å²) in [6.45, 7) is 4.04. The zero-order valence-electron chi connectivity index (χ0n) is 7.71. The zero-order chi connectivity index (χ0) is 8.93. The quantitative estimate of drug-likeness (QED) is 0.651. The third-order valence-electron chi connectivity index (χ3n) is 4.44. The highest BCUT2D eigenvalue weighted by molar-refractivity contribution is 5.75. The summed E-state index contributed by atoms with van der Waals surface area (Å²) in [5.41, 5.74) is -0.414. The summed E-state index contributed by atoms with van der Waals surface area (Å²) in [4.78, 5) is 11.1. The van der Waals surface area contributed by atoms with Gasteiger partial charge in [0.25, 0.3) is 0 Å². The predicted molar refractivity (Wildman–Crippen MR) is 45.7 cm³/mol. The lowest BCUT2D eigenvalue weighted by Gasteiger charge is -2.35. The van der Waals surface area contributed by atoms with Crippen LogP contribution in [0.5, 0.6) is 0 Å². The topological polar surface area (TPSA) is 37.3 Å². The molecule has 0 amide bonds. The van der Waals surface area contributed by atoms with Gasteiger partial charge in [0.05, 0.1) is 5.41 Å². The van der Waals surface area contributed by atoms with Gasteiger partial charge in [-0.3, -0.25) is 4.79 Å². The molecule has 2 fully saturated rings. The molecule has 2 aliphatic rings. The van der Waals surface area contributed by atoms with Crippen LogP contribution >= 0.6 is 0 Å². The number of hydrogen-bond acceptors (Lipinski definition) is 1. The van der Waals surface area contributed by atoms with Crippen molar-refractivity contribution in [2.75, 3.05) is 0 Å². The van der Waals surface area contributed by atoms with Crippen molar-refractivity contribution in [1.29, 1.82) is 0 Å². The van der Waals surface area contributed by atoms with E-state index in [1.807, 2.05) is 6.92 Å². The van der Waals surface area contributed by atoms with Crippen LogP contribution in [0.15, 0.2) is 0 Å². The van der Waals surface area contributed by atoms with E-state index in [-0.39, 0.29) is 0 Å². The van der Waals surface area contributed by atoms with Crippen LogP contribution in [-0.2, 0) is 4.79 Å². The standard InChI is InChI=1S/C10H16O2/c1-6-7-3-4-8(5-7)10(6,2)9(11)12/h6-8H,3-5H2,1-2H3,(H,11,12). The predicted octanol–water partition coefficient (Wildman–Crippen LogP) is 2.14. The number of carbonyl (C=O) groups is 1. The average Bonchev–Trinajstić information content (AvgIpc) is 2.55. The first-order valence-corrected chi connectivity index (χ1v) is 4.80. The normalized spacial score (nSPS) is 51.3. The van der Waals surface area contributed by atoms with Crippen molar-refractivity contribution >= 4 is 5.97 Å². The second kappa shape index (κ2) is 2.24. The van der Waals surface area contributed by atoms with Crippen molar-refractivity contribution in [3.05, 3.63) is 0 Å². The number of carboxylic acids is 1. The Bertz CT molecular complexity index is 220. The number of aliphatic carboxylic acids is 1. The van der Waals surface area contributed by atoms with Crippen molar-refractivity contribution in [2.24, 2.45) is 23.2 Å². The van der Waals surface area contributed by atoms with Gasteiger partial charge in [0, 0.05) is 0 Å². The molecule has 2 rings (SSSR count). The van der Waals surface area contributed by atoms with E-state index in [1.165, 1.54) is 6.42 Å². The van der Waals surface area contributed by atoms with E-state index in [9.17, 15) is 4.79 Å². The van der Waals surface area contributed by atoms with Crippen LogP contribution in [0.2, 0.25) is 0 Å². The van der Waals surface area contributed by atoms with Crippen LogP contribution in [0, 0.1) is 23.2 Å². The van der Waals surface area contributed by atoms with Crippen molar-refractivity contribution in [2.45, 2.75) is 33.1 Å². The number of carboxylic acid groups (broad SMARTS) is 1. The second-order valence-corrected chi connectivity index (χ2v) is 4.65. The Kier molecular flexibility index (Phi) is 1.51. The molecule has 0 radical (unpaired) electrons. The molecule has 2 aliphatic carbocycles. The molecule has 4 unspecified atom stereocenters. The monoisotopic (exact) mass is 168 g/mol. The smallest absolute Gasteiger partial charge is 0.309 e. The molecular formula is C10H16O2. The van der Waals surface area contributed by atoms with E-state index in [0.717, 1.165) is 12.8 Å². The summed E-state index contributed by atoms with van der Waals surface area (Å²) < 4.78 is 0. The van der Waals surface area contributed by atoms with Gasteiger partial charge < -0.3 is 5.11 Å². The molecule has 0 aromatic carbocycles. The van der Waals surface area contributed by atoms with E-state index < -0.39 is 11.4 Å². The molecule has 0 saturated heterocycles. The Morgan fingerprint density at radius 2 is 2.17 bits per heavy atom. The summed E-state index contributed by atoms with van der Waals surface area (Å²) in [5.74, 6) is 0.946. The molecule has 2 nitrogen and oxygen atoms in total. The fraction of sp³-hybridized carbons (Fsp3) is 0.900. The molecule has 68 valence electrons. The molecule has 2 heteroatoms. The Morgan fingerprint density at radius 3 is 2.50 bits per heavy atom. The number of fused-ring (bicyclic) bond motifs is 2. The van der Waals surface area contributed by atoms with Gasteiger partial charge in [0.15, 0.2) is 0 Å². The summed E-state index contributed by atoms with van der Waals surface area (Å²) in [6, 6.07) is 0. The fourth-order valence-corrected chi connectivity index (χ4v) is 3.25. The minimum absolute atomic E-state index is 0.383. The van der Waals surface area contributed by atoms with E-state index in [1.54, 1.807) is 0 Å². The Morgan fingerprint density at radius 1 is 1.50 bits per heavy atom. The van der Waals surface area contributed by atoms with Crippen molar-refractivity contribution < 1.29 is 9.90 Å². The first-order chi connectivity index (χ1) is 5.56. The maximum atomic E-state index is 11.1. The highest BCUT2D eigenvalue weighted by atomic mass is 16.4. The summed E-state index contributed by atoms with van der Waals surface area (Å²) in [5, 5.41) is 9.16. The van der Waals surface area contributed by atoms with E-state index in [2.05, 4.69) is 6.92 Å². The lowest BCUT2D eigenvalue weighted by atomic mass is 9.68. The number of rotatable bonds is 1. The Labute approximate surface area is 73.0 Å². The van der Waals surface area contributed by atoms with Gasteiger partial charge in [0.2, 0.25) is 0 Å². The van der Waals surface area contributed by atoms with Gasteiger partial charge in [-0.25, -0.2) is 0 Å². The largest absolute Gasteiger partial charge is 0.481 e. The minimum Gasteiger partial charge on any atom is -0.481 e. The van der Waals surface area contributed by atoms with Gasteiger partial charge in [-0.05, 0) is 43.9 Å². The summed E-state index contributed by atoms with van der Waals surface area (Å²) in [7, 11) is 0. The van der Waals surface area contributed by atoms with E-state index >= 15 is 0 Å². The molecule has 12 heavy (non-hydrogen) atoms. The van der Waals surface area contributed by atoms with Gasteiger partial charge in [-0.1, -0.05) is 6.92 Å². The van der Waals surface area contributed by atoms with Gasteiger partial charge in [-0.2, -0.15) is 0 Å². The molecule has 0 aromatic rings. The lowest BCUT2D eigenvalue weighted by molar-refractivity contribution is -0.154. The molecule has 0 heterocycles. The second-order valence-electron chi connectivity index (χ2n) is 4.65. The first-order valence-electron chi connectivity index (χ1n) is 4.80. The van der Waals surface area contributed by atoms with Crippen molar-refractivity contribution in [3.8, 4) is 0 Å². The molecule has 2 saturated carbocycles. The highest BCUT2D eigenvalue weighted by Crippen LogP contribution is 2.59. The summed E-state index contributed by atoms with van der Waals surface area (Å²) in [6.07, 6.45) is 3.55. The molecule has 0 aliphatic heterocycles. The maximum absolute atomic E-state index is 11.1. The summed E-state index contributed by atoms with van der Waals surface area (Å²) >= 11 is 0. The molecule has 0 aromatic heterocycles.